The molecule has 0 aromatic heterocycles. The van der Waals surface area contributed by atoms with Crippen LogP contribution in [0.2, 0.25) is 0 Å². The maximum absolute atomic E-state index is 5.65. The third kappa shape index (κ3) is 0.689. The van der Waals surface area contributed by atoms with Crippen molar-refractivity contribution in [3.63, 3.8) is 0 Å². The minimum atomic E-state index is 0.801. The molecule has 0 spiro atoms. The van der Waals surface area contributed by atoms with Gasteiger partial charge in [-0.05, 0) is 23.5 Å². The Morgan fingerprint density at radius 1 is 1.33 bits per heavy atom. The molecule has 1 fully saturated rings. The molecule has 0 amide bonds. The van der Waals surface area contributed by atoms with Crippen LogP contribution in [-0.2, 0) is 0 Å². The summed E-state index contributed by atoms with van der Waals surface area (Å²) in [5.74, 6) is 3.56. The number of benzene rings is 1. The second kappa shape index (κ2) is 2.03. The first-order valence-corrected chi connectivity index (χ1v) is 4.59. The van der Waals surface area contributed by atoms with Gasteiger partial charge in [0.15, 0.2) is 0 Å². The quantitative estimate of drug-likeness (QED) is 0.566. The van der Waals surface area contributed by atoms with Crippen LogP contribution in [-0.4, -0.2) is 6.61 Å². The maximum atomic E-state index is 5.65. The van der Waals surface area contributed by atoms with E-state index in [-0.39, 0.29) is 0 Å². The molecule has 1 heteroatoms. The third-order valence-electron chi connectivity index (χ3n) is 3.27. The van der Waals surface area contributed by atoms with Gasteiger partial charge in [0, 0.05) is 5.92 Å². The number of rotatable bonds is 0. The molecule has 0 bridgehead atoms. The summed E-state index contributed by atoms with van der Waals surface area (Å²) in [6, 6.07) is 8.44. The van der Waals surface area contributed by atoms with Crippen LogP contribution in [0, 0.1) is 11.8 Å². The number of hydrogen-bond donors (Lipinski definition) is 0. The molecule has 1 nitrogen and oxygen atoms in total. The van der Waals surface area contributed by atoms with Gasteiger partial charge in [0.1, 0.15) is 5.75 Å². The van der Waals surface area contributed by atoms with Gasteiger partial charge in [0.2, 0.25) is 0 Å². The van der Waals surface area contributed by atoms with Gasteiger partial charge in [-0.15, -0.1) is 0 Å². The smallest absolute Gasteiger partial charge is 0.122 e. The van der Waals surface area contributed by atoms with Gasteiger partial charge in [-0.25, -0.2) is 0 Å². The van der Waals surface area contributed by atoms with Crippen LogP contribution in [0.4, 0.5) is 0 Å². The van der Waals surface area contributed by atoms with Gasteiger partial charge < -0.3 is 4.74 Å². The van der Waals surface area contributed by atoms with Crippen LogP contribution < -0.4 is 4.74 Å². The van der Waals surface area contributed by atoms with E-state index in [1.807, 2.05) is 6.07 Å². The Balaban J connectivity index is 2.10. The second-order valence-corrected chi connectivity index (χ2v) is 3.90. The first kappa shape index (κ1) is 6.53. The molecule has 62 valence electrons. The minimum Gasteiger partial charge on any atom is -0.493 e. The summed E-state index contributed by atoms with van der Waals surface area (Å²) < 4.78 is 5.65. The molecule has 1 heterocycles. The Bertz CT molecular complexity index is 319. The molecule has 0 unspecified atom stereocenters. The van der Waals surface area contributed by atoms with Gasteiger partial charge >= 0.3 is 0 Å². The lowest BCUT2D eigenvalue weighted by Gasteiger charge is -2.15. The third-order valence-corrected chi connectivity index (χ3v) is 3.27. The average molecular weight is 160 g/mol. The topological polar surface area (TPSA) is 9.23 Å². The van der Waals surface area contributed by atoms with Crippen LogP contribution in [0.25, 0.3) is 0 Å². The number of hydrogen-bond acceptors (Lipinski definition) is 1. The Kier molecular flexibility index (Phi) is 1.11. The zero-order valence-electron chi connectivity index (χ0n) is 7.16. The summed E-state index contributed by atoms with van der Waals surface area (Å²) in [6.07, 6.45) is 0. The molecule has 3 rings (SSSR count). The summed E-state index contributed by atoms with van der Waals surface area (Å²) in [5, 5.41) is 0. The summed E-state index contributed by atoms with van der Waals surface area (Å²) in [4.78, 5) is 0. The molecule has 2 aliphatic rings. The summed E-state index contributed by atoms with van der Waals surface area (Å²) in [5.41, 5.74) is 1.43. The van der Waals surface area contributed by atoms with Crippen molar-refractivity contribution in [1.29, 1.82) is 0 Å². The number of ether oxygens (including phenoxy) is 1. The fraction of sp³-hybridized carbons (Fsp3) is 0.455. The predicted octanol–water partition coefficient (Wildman–Crippen LogP) is 2.43. The van der Waals surface area contributed by atoms with E-state index in [2.05, 4.69) is 25.1 Å². The fourth-order valence-corrected chi connectivity index (χ4v) is 2.39. The molecule has 0 radical (unpaired) electrons. The summed E-state index contributed by atoms with van der Waals surface area (Å²) in [6.45, 7) is 3.25. The molecule has 1 aromatic rings. The monoisotopic (exact) mass is 160 g/mol. The Labute approximate surface area is 72.4 Å². The van der Waals surface area contributed by atoms with E-state index < -0.39 is 0 Å². The lowest BCUT2D eigenvalue weighted by Crippen LogP contribution is -2.07. The molecule has 1 saturated carbocycles. The maximum Gasteiger partial charge on any atom is 0.122 e. The van der Waals surface area contributed by atoms with Crippen LogP contribution in [0.1, 0.15) is 18.4 Å². The first-order chi connectivity index (χ1) is 5.88. The Morgan fingerprint density at radius 3 is 3.08 bits per heavy atom. The average Bonchev–Trinajstić information content (AvgIpc) is 2.78. The van der Waals surface area contributed by atoms with Crippen molar-refractivity contribution < 1.29 is 4.74 Å². The largest absolute Gasteiger partial charge is 0.493 e. The molecule has 1 aliphatic carbocycles. The normalized spacial score (nSPS) is 36.2. The minimum absolute atomic E-state index is 0.801. The Hall–Kier alpha value is -0.980. The van der Waals surface area contributed by atoms with Crippen molar-refractivity contribution in [2.45, 2.75) is 12.8 Å². The predicted molar refractivity (Wildman–Crippen MR) is 47.3 cm³/mol. The van der Waals surface area contributed by atoms with Crippen molar-refractivity contribution in [2.75, 3.05) is 6.61 Å². The van der Waals surface area contributed by atoms with Crippen molar-refractivity contribution in [3.8, 4) is 5.75 Å². The van der Waals surface area contributed by atoms with E-state index in [9.17, 15) is 0 Å². The van der Waals surface area contributed by atoms with E-state index >= 15 is 0 Å². The molecule has 0 saturated heterocycles. The first-order valence-electron chi connectivity index (χ1n) is 4.59. The standard InChI is InChI=1S/C11H12O/c1-7-9-6-12-10-5-3-2-4-8(10)11(7)9/h2-5,7,9,11H,6H2,1H3/t7-,9-,11-/m0/s1. The van der Waals surface area contributed by atoms with E-state index in [0.717, 1.165) is 30.1 Å². The zero-order chi connectivity index (χ0) is 8.13. The van der Waals surface area contributed by atoms with Gasteiger partial charge in [-0.1, -0.05) is 25.1 Å². The van der Waals surface area contributed by atoms with Crippen LogP contribution in [0.15, 0.2) is 24.3 Å². The molecular formula is C11H12O. The van der Waals surface area contributed by atoms with Crippen molar-refractivity contribution in [2.24, 2.45) is 11.8 Å². The molecular weight excluding hydrogens is 148 g/mol. The molecule has 0 N–H and O–H groups in total. The van der Waals surface area contributed by atoms with E-state index in [1.54, 1.807) is 0 Å². The van der Waals surface area contributed by atoms with Gasteiger partial charge in [0.25, 0.3) is 0 Å². The van der Waals surface area contributed by atoms with Gasteiger partial charge in [-0.2, -0.15) is 0 Å². The molecule has 1 aliphatic heterocycles. The second-order valence-electron chi connectivity index (χ2n) is 3.90. The van der Waals surface area contributed by atoms with Crippen molar-refractivity contribution >= 4 is 0 Å². The highest BCUT2D eigenvalue weighted by atomic mass is 16.5. The van der Waals surface area contributed by atoms with Crippen LogP contribution >= 0.6 is 0 Å². The van der Waals surface area contributed by atoms with Gasteiger partial charge in [0.05, 0.1) is 6.61 Å². The SMILES string of the molecule is C[C@H]1[C@@H]2COc3ccccc3[C@H]12. The zero-order valence-corrected chi connectivity index (χ0v) is 7.16. The lowest BCUT2D eigenvalue weighted by atomic mass is 10.1. The van der Waals surface area contributed by atoms with E-state index in [4.69, 9.17) is 4.74 Å². The summed E-state index contributed by atoms with van der Waals surface area (Å²) >= 11 is 0. The molecule has 1 aromatic carbocycles. The molecule has 3 atom stereocenters. The van der Waals surface area contributed by atoms with Gasteiger partial charge in [-0.3, -0.25) is 0 Å². The Morgan fingerprint density at radius 2 is 2.17 bits per heavy atom. The van der Waals surface area contributed by atoms with Crippen LogP contribution in [0.3, 0.4) is 0 Å². The fourth-order valence-electron chi connectivity index (χ4n) is 2.39. The summed E-state index contributed by atoms with van der Waals surface area (Å²) in [7, 11) is 0. The van der Waals surface area contributed by atoms with Crippen molar-refractivity contribution in [1.82, 2.24) is 0 Å². The molecule has 12 heavy (non-hydrogen) atoms. The lowest BCUT2D eigenvalue weighted by molar-refractivity contribution is 0.276. The highest BCUT2D eigenvalue weighted by Gasteiger charge is 2.51. The van der Waals surface area contributed by atoms with Crippen LogP contribution in [0.5, 0.6) is 5.75 Å². The highest BCUT2D eigenvalue weighted by molar-refractivity contribution is 5.42. The van der Waals surface area contributed by atoms with Crippen molar-refractivity contribution in [3.05, 3.63) is 29.8 Å². The van der Waals surface area contributed by atoms with E-state index in [1.165, 1.54) is 5.56 Å². The number of para-hydroxylation sites is 1. The highest BCUT2D eigenvalue weighted by Crippen LogP contribution is 2.58. The van der Waals surface area contributed by atoms with E-state index in [0.29, 0.717) is 0 Å². The number of fused-ring (bicyclic) bond motifs is 3.